The summed E-state index contributed by atoms with van der Waals surface area (Å²) in [6, 6.07) is 14.1. The smallest absolute Gasteiger partial charge is 0.184 e. The lowest BCUT2D eigenvalue weighted by molar-refractivity contribution is 0.356. The Kier molecular flexibility index (Phi) is 3.92. The molecule has 0 aliphatic heterocycles. The minimum Gasteiger partial charge on any atom is -0.493 e. The molecule has 0 radical (unpaired) electrons. The second-order valence-corrected chi connectivity index (χ2v) is 5.56. The fourth-order valence-corrected chi connectivity index (χ4v) is 2.98. The van der Waals surface area contributed by atoms with Gasteiger partial charge in [-0.3, -0.25) is 0 Å². The first-order valence-corrected chi connectivity index (χ1v) is 7.42. The zero-order valence-electron chi connectivity index (χ0n) is 11.9. The summed E-state index contributed by atoms with van der Waals surface area (Å²) < 4.78 is 11.7. The predicted molar refractivity (Wildman–Crippen MR) is 86.5 cm³/mol. The van der Waals surface area contributed by atoms with Crippen LogP contribution in [-0.2, 0) is 6.54 Å². The van der Waals surface area contributed by atoms with Crippen LogP contribution < -0.4 is 14.8 Å². The number of hydrogen-bond donors (Lipinski definition) is 1. The molecule has 1 aromatic heterocycles. The molecule has 2 aromatic carbocycles. The molecule has 1 N–H and O–H groups in total. The highest BCUT2D eigenvalue weighted by Gasteiger charge is 2.10. The van der Waals surface area contributed by atoms with E-state index in [1.165, 1.54) is 5.56 Å². The van der Waals surface area contributed by atoms with E-state index in [-0.39, 0.29) is 0 Å². The average molecular weight is 300 g/mol. The molecule has 0 atom stereocenters. The van der Waals surface area contributed by atoms with E-state index in [2.05, 4.69) is 22.4 Å². The molecule has 3 rings (SSSR count). The van der Waals surface area contributed by atoms with E-state index in [9.17, 15) is 0 Å². The maximum absolute atomic E-state index is 5.32. The number of ether oxygens (including phenoxy) is 2. The molecule has 0 saturated carbocycles. The molecule has 108 valence electrons. The van der Waals surface area contributed by atoms with E-state index in [1.54, 1.807) is 25.6 Å². The van der Waals surface area contributed by atoms with Crippen molar-refractivity contribution < 1.29 is 9.47 Å². The van der Waals surface area contributed by atoms with Gasteiger partial charge in [-0.1, -0.05) is 41.7 Å². The third-order valence-electron chi connectivity index (χ3n) is 3.18. The Morgan fingerprint density at radius 2 is 1.76 bits per heavy atom. The van der Waals surface area contributed by atoms with E-state index in [0.29, 0.717) is 5.75 Å². The van der Waals surface area contributed by atoms with Crippen molar-refractivity contribution in [1.82, 2.24) is 4.98 Å². The summed E-state index contributed by atoms with van der Waals surface area (Å²) in [5.74, 6) is 1.42. The second kappa shape index (κ2) is 6.01. The highest BCUT2D eigenvalue weighted by Crippen LogP contribution is 2.36. The minimum absolute atomic E-state index is 0.699. The number of aromatic nitrogens is 1. The first kappa shape index (κ1) is 13.7. The summed E-state index contributed by atoms with van der Waals surface area (Å²) in [7, 11) is 3.27. The minimum atomic E-state index is 0.699. The molecule has 4 nitrogen and oxygen atoms in total. The molecule has 0 spiro atoms. The van der Waals surface area contributed by atoms with Gasteiger partial charge in [-0.05, 0) is 5.56 Å². The molecule has 0 aliphatic rings. The van der Waals surface area contributed by atoms with Gasteiger partial charge in [0, 0.05) is 18.7 Å². The van der Waals surface area contributed by atoms with E-state index in [0.717, 1.165) is 27.6 Å². The molecule has 0 bridgehead atoms. The van der Waals surface area contributed by atoms with Crippen LogP contribution in [0.3, 0.4) is 0 Å². The van der Waals surface area contributed by atoms with Crippen LogP contribution in [0.25, 0.3) is 10.2 Å². The van der Waals surface area contributed by atoms with Crippen molar-refractivity contribution in [3.05, 3.63) is 48.0 Å². The largest absolute Gasteiger partial charge is 0.493 e. The Morgan fingerprint density at radius 3 is 2.48 bits per heavy atom. The highest BCUT2D eigenvalue weighted by molar-refractivity contribution is 7.22. The van der Waals surface area contributed by atoms with Crippen LogP contribution in [0, 0.1) is 0 Å². The average Bonchev–Trinajstić information content (AvgIpc) is 2.94. The number of methoxy groups -OCH3 is 2. The molecule has 0 fully saturated rings. The summed E-state index contributed by atoms with van der Waals surface area (Å²) in [6.45, 7) is 0.759. The number of thiazole rings is 1. The van der Waals surface area contributed by atoms with Crippen molar-refractivity contribution in [1.29, 1.82) is 0 Å². The van der Waals surface area contributed by atoms with Crippen molar-refractivity contribution in [3.63, 3.8) is 0 Å². The Balaban J connectivity index is 1.84. The number of hydrogen-bond acceptors (Lipinski definition) is 5. The van der Waals surface area contributed by atoms with Crippen LogP contribution in [-0.4, -0.2) is 19.2 Å². The van der Waals surface area contributed by atoms with Gasteiger partial charge in [0.1, 0.15) is 0 Å². The molecule has 1 heterocycles. The Bertz CT molecular complexity index is 700. The van der Waals surface area contributed by atoms with Gasteiger partial charge in [-0.2, -0.15) is 0 Å². The van der Waals surface area contributed by atoms with Gasteiger partial charge in [0.2, 0.25) is 0 Å². The molecule has 0 amide bonds. The zero-order chi connectivity index (χ0) is 14.7. The maximum Gasteiger partial charge on any atom is 0.184 e. The lowest BCUT2D eigenvalue weighted by Gasteiger charge is -2.05. The van der Waals surface area contributed by atoms with Gasteiger partial charge in [-0.15, -0.1) is 0 Å². The second-order valence-electron chi connectivity index (χ2n) is 4.53. The summed E-state index contributed by atoms with van der Waals surface area (Å²) >= 11 is 1.61. The summed E-state index contributed by atoms with van der Waals surface area (Å²) in [4.78, 5) is 4.58. The molecule has 0 saturated heterocycles. The number of anilines is 1. The molecule has 0 aliphatic carbocycles. The quantitative estimate of drug-likeness (QED) is 0.775. The van der Waals surface area contributed by atoms with E-state index in [1.807, 2.05) is 30.3 Å². The fraction of sp³-hybridized carbons (Fsp3) is 0.188. The number of fused-ring (bicyclic) bond motifs is 1. The van der Waals surface area contributed by atoms with Crippen LogP contribution >= 0.6 is 11.3 Å². The van der Waals surface area contributed by atoms with Crippen LogP contribution in [0.15, 0.2) is 42.5 Å². The van der Waals surface area contributed by atoms with Crippen LogP contribution in [0.2, 0.25) is 0 Å². The topological polar surface area (TPSA) is 43.4 Å². The summed E-state index contributed by atoms with van der Waals surface area (Å²) in [5, 5.41) is 4.24. The van der Waals surface area contributed by atoms with Gasteiger partial charge in [0.15, 0.2) is 16.6 Å². The monoisotopic (exact) mass is 300 g/mol. The first-order valence-electron chi connectivity index (χ1n) is 6.60. The standard InChI is InChI=1S/C16H16N2O2S/c1-19-13-8-12-15(9-14(13)20-2)21-16(18-12)17-10-11-6-4-3-5-7-11/h3-9H,10H2,1-2H3,(H,17,18). The van der Waals surface area contributed by atoms with Gasteiger partial charge < -0.3 is 14.8 Å². The summed E-state index contributed by atoms with van der Waals surface area (Å²) in [5.41, 5.74) is 2.14. The SMILES string of the molecule is COc1cc2nc(NCc3ccccc3)sc2cc1OC. The highest BCUT2D eigenvalue weighted by atomic mass is 32.1. The Hall–Kier alpha value is -2.27. The van der Waals surface area contributed by atoms with Crippen molar-refractivity contribution >= 4 is 26.7 Å². The third-order valence-corrected chi connectivity index (χ3v) is 4.16. The fourth-order valence-electron chi connectivity index (χ4n) is 2.10. The van der Waals surface area contributed by atoms with Crippen molar-refractivity contribution in [2.24, 2.45) is 0 Å². The van der Waals surface area contributed by atoms with Crippen molar-refractivity contribution in [3.8, 4) is 11.5 Å². The Morgan fingerprint density at radius 1 is 1.05 bits per heavy atom. The third kappa shape index (κ3) is 2.92. The summed E-state index contributed by atoms with van der Waals surface area (Å²) in [6.07, 6.45) is 0. The van der Waals surface area contributed by atoms with Gasteiger partial charge in [0.25, 0.3) is 0 Å². The van der Waals surface area contributed by atoms with Gasteiger partial charge in [-0.25, -0.2) is 4.98 Å². The van der Waals surface area contributed by atoms with Gasteiger partial charge >= 0.3 is 0 Å². The molecular weight excluding hydrogens is 284 g/mol. The molecule has 5 heteroatoms. The normalized spacial score (nSPS) is 10.6. The number of benzene rings is 2. The van der Waals surface area contributed by atoms with E-state index in [4.69, 9.17) is 9.47 Å². The molecular formula is C16H16N2O2S. The zero-order valence-corrected chi connectivity index (χ0v) is 12.7. The maximum atomic E-state index is 5.32. The van der Waals surface area contributed by atoms with Crippen molar-refractivity contribution in [2.75, 3.05) is 19.5 Å². The lowest BCUT2D eigenvalue weighted by atomic mass is 10.2. The van der Waals surface area contributed by atoms with E-state index < -0.39 is 0 Å². The molecule has 0 unspecified atom stereocenters. The number of rotatable bonds is 5. The number of nitrogens with one attached hydrogen (secondary N) is 1. The van der Waals surface area contributed by atoms with Crippen molar-refractivity contribution in [2.45, 2.75) is 6.54 Å². The van der Waals surface area contributed by atoms with Crippen LogP contribution in [0.4, 0.5) is 5.13 Å². The van der Waals surface area contributed by atoms with Crippen LogP contribution in [0.5, 0.6) is 11.5 Å². The number of nitrogens with zero attached hydrogens (tertiary/aromatic N) is 1. The van der Waals surface area contributed by atoms with E-state index >= 15 is 0 Å². The first-order chi connectivity index (χ1) is 10.3. The van der Waals surface area contributed by atoms with Gasteiger partial charge in [0.05, 0.1) is 24.4 Å². The molecule has 3 aromatic rings. The Labute approximate surface area is 127 Å². The van der Waals surface area contributed by atoms with Crippen LogP contribution in [0.1, 0.15) is 5.56 Å². The lowest BCUT2D eigenvalue weighted by Crippen LogP contribution is -1.97. The predicted octanol–water partition coefficient (Wildman–Crippen LogP) is 3.93. The molecule has 21 heavy (non-hydrogen) atoms.